The van der Waals surface area contributed by atoms with Gasteiger partial charge in [-0.2, -0.15) is 0 Å². The van der Waals surface area contributed by atoms with Gasteiger partial charge in [0.25, 0.3) is 0 Å². The number of aromatic nitrogens is 2. The number of ketones is 1. The molecule has 0 aliphatic heterocycles. The van der Waals surface area contributed by atoms with E-state index in [1.807, 2.05) is 30.3 Å². The van der Waals surface area contributed by atoms with Crippen LogP contribution >= 0.6 is 0 Å². The Balaban J connectivity index is 0.00000256. The molecule has 0 spiro atoms. The normalized spacial score (nSPS) is 11.5. The molecule has 3 N–H and O–H groups in total. The van der Waals surface area contributed by atoms with Gasteiger partial charge >= 0.3 is 0 Å². The van der Waals surface area contributed by atoms with E-state index < -0.39 is 6.04 Å². The van der Waals surface area contributed by atoms with Crippen LogP contribution in [0, 0.1) is 0 Å². The third kappa shape index (κ3) is 5.10. The maximum Gasteiger partial charge on any atom is 0.154 e. The van der Waals surface area contributed by atoms with Gasteiger partial charge in [0.05, 0.1) is 12.4 Å². The highest BCUT2D eigenvalue weighted by molar-refractivity contribution is 5.86. The van der Waals surface area contributed by atoms with Crippen LogP contribution in [0.3, 0.4) is 0 Å². The molecule has 0 aliphatic rings. The Morgan fingerprint density at radius 2 is 1.37 bits per heavy atom. The van der Waals surface area contributed by atoms with Gasteiger partial charge in [0, 0.05) is 24.7 Å². The summed E-state index contributed by atoms with van der Waals surface area (Å²) in [5.74, 6) is 0.0274. The Kier molecular flexibility index (Phi) is 6.94. The van der Waals surface area contributed by atoms with E-state index in [0.29, 0.717) is 12.8 Å². The van der Waals surface area contributed by atoms with Gasteiger partial charge in [-0.15, -0.1) is 0 Å². The number of nitrogens with two attached hydrogens (primary N) is 1. The minimum atomic E-state index is -0.527. The molecule has 1 atom stereocenters. The number of hydrogen-bond acceptors (Lipinski definition) is 3. The lowest BCUT2D eigenvalue weighted by molar-refractivity contribution is -0.119. The monoisotopic (exact) mass is 397 g/mol. The molecule has 152 valence electrons. The van der Waals surface area contributed by atoms with Gasteiger partial charge < -0.3 is 10.7 Å². The zero-order chi connectivity index (χ0) is 20.1. The molecule has 0 bridgehead atoms. The number of hydrogen-bond donors (Lipinski definition) is 2. The van der Waals surface area contributed by atoms with Crippen molar-refractivity contribution in [1.29, 1.82) is 0 Å². The molecule has 1 aromatic heterocycles. The second-order valence-corrected chi connectivity index (χ2v) is 7.17. The van der Waals surface area contributed by atoms with Crippen molar-refractivity contribution in [3.8, 4) is 22.3 Å². The van der Waals surface area contributed by atoms with Crippen molar-refractivity contribution in [2.45, 2.75) is 26.3 Å². The van der Waals surface area contributed by atoms with Crippen LogP contribution in [-0.2, 0) is 17.6 Å². The number of H-pyrrole nitrogens is 1. The van der Waals surface area contributed by atoms with Crippen molar-refractivity contribution >= 4 is 5.78 Å². The third-order valence-corrected chi connectivity index (χ3v) is 5.07. The molecule has 30 heavy (non-hydrogen) atoms. The van der Waals surface area contributed by atoms with E-state index in [1.54, 1.807) is 12.5 Å². The highest BCUT2D eigenvalue weighted by atomic mass is 16.1. The quantitative estimate of drug-likeness (QED) is 0.458. The molecule has 4 nitrogen and oxygen atoms in total. The second kappa shape index (κ2) is 9.81. The number of aromatic amines is 1. The van der Waals surface area contributed by atoms with E-state index in [0.717, 1.165) is 22.4 Å². The SMILES string of the molecule is C.N[C@@H](Cc1cnc[nH]1)C(=O)Cc1ccc(-c2ccc(-c3ccccc3)cc2)cc1. The van der Waals surface area contributed by atoms with Crippen LogP contribution in [0.25, 0.3) is 22.3 Å². The van der Waals surface area contributed by atoms with Gasteiger partial charge in [-0.3, -0.25) is 4.79 Å². The summed E-state index contributed by atoms with van der Waals surface area (Å²) in [4.78, 5) is 19.3. The number of rotatable bonds is 7. The molecule has 1 heterocycles. The molecule has 0 saturated carbocycles. The van der Waals surface area contributed by atoms with E-state index in [2.05, 4.69) is 58.5 Å². The minimum absolute atomic E-state index is 0. The largest absolute Gasteiger partial charge is 0.348 e. The lowest BCUT2D eigenvalue weighted by Gasteiger charge is -2.10. The highest BCUT2D eigenvalue weighted by Crippen LogP contribution is 2.25. The summed E-state index contributed by atoms with van der Waals surface area (Å²) in [6.07, 6.45) is 4.11. The zero-order valence-electron chi connectivity index (χ0n) is 16.1. The first kappa shape index (κ1) is 21.2. The third-order valence-electron chi connectivity index (χ3n) is 5.07. The average Bonchev–Trinajstić information content (AvgIpc) is 3.28. The van der Waals surface area contributed by atoms with Crippen LogP contribution in [-0.4, -0.2) is 21.8 Å². The molecule has 0 saturated heterocycles. The number of nitrogens with one attached hydrogen (secondary N) is 1. The van der Waals surface area contributed by atoms with Gasteiger partial charge in [-0.05, 0) is 27.8 Å². The number of carbonyl (C=O) groups is 1. The van der Waals surface area contributed by atoms with Crippen molar-refractivity contribution in [3.63, 3.8) is 0 Å². The number of carbonyl (C=O) groups excluding carboxylic acids is 1. The minimum Gasteiger partial charge on any atom is -0.348 e. The van der Waals surface area contributed by atoms with Gasteiger partial charge in [0.15, 0.2) is 5.78 Å². The lowest BCUT2D eigenvalue weighted by atomic mass is 9.97. The Labute approximate surface area is 177 Å². The summed E-state index contributed by atoms with van der Waals surface area (Å²) in [5, 5.41) is 0. The zero-order valence-corrected chi connectivity index (χ0v) is 16.1. The van der Waals surface area contributed by atoms with Crippen LogP contribution < -0.4 is 5.73 Å². The molecular weight excluding hydrogens is 370 g/mol. The van der Waals surface area contributed by atoms with Crippen LogP contribution in [0.15, 0.2) is 91.4 Å². The predicted octanol–water partition coefficient (Wildman–Crippen LogP) is 5.06. The summed E-state index contributed by atoms with van der Waals surface area (Å²) in [5.41, 5.74) is 12.6. The van der Waals surface area contributed by atoms with E-state index in [1.165, 1.54) is 11.1 Å². The van der Waals surface area contributed by atoms with Gasteiger partial charge in [-0.25, -0.2) is 4.98 Å². The lowest BCUT2D eigenvalue weighted by Crippen LogP contribution is -2.34. The first-order valence-electron chi connectivity index (χ1n) is 9.69. The number of nitrogens with zero attached hydrogens (tertiary/aromatic N) is 1. The van der Waals surface area contributed by atoms with Gasteiger partial charge in [0.2, 0.25) is 0 Å². The van der Waals surface area contributed by atoms with E-state index in [-0.39, 0.29) is 13.2 Å². The molecule has 0 aliphatic carbocycles. The molecule has 0 unspecified atom stereocenters. The van der Waals surface area contributed by atoms with E-state index >= 15 is 0 Å². The van der Waals surface area contributed by atoms with E-state index in [9.17, 15) is 4.79 Å². The second-order valence-electron chi connectivity index (χ2n) is 7.17. The summed E-state index contributed by atoms with van der Waals surface area (Å²) in [6.45, 7) is 0. The van der Waals surface area contributed by atoms with Gasteiger partial charge in [0.1, 0.15) is 0 Å². The topological polar surface area (TPSA) is 71.8 Å². The Hall–Kier alpha value is -3.50. The highest BCUT2D eigenvalue weighted by Gasteiger charge is 2.15. The number of imidazole rings is 1. The smallest absolute Gasteiger partial charge is 0.154 e. The van der Waals surface area contributed by atoms with Crippen molar-refractivity contribution < 1.29 is 4.79 Å². The van der Waals surface area contributed by atoms with Crippen LogP contribution in [0.4, 0.5) is 0 Å². The van der Waals surface area contributed by atoms with Crippen molar-refractivity contribution in [2.75, 3.05) is 0 Å². The first-order chi connectivity index (χ1) is 14.2. The Morgan fingerprint density at radius 3 is 1.90 bits per heavy atom. The maximum atomic E-state index is 12.4. The standard InChI is InChI=1S/C25H23N3O.CH4/c26-24(15-23-16-27-17-28-23)25(29)14-18-6-8-20(9-7-18)22-12-10-21(11-13-22)19-4-2-1-3-5-19;/h1-13,16-17,24H,14-15,26H2,(H,27,28);1H4/t24-;/m0./s1. The number of Topliss-reactive ketones (excluding diaryl/α,β-unsaturated/α-hetero) is 1. The molecule has 4 aromatic rings. The summed E-state index contributed by atoms with van der Waals surface area (Å²) >= 11 is 0. The summed E-state index contributed by atoms with van der Waals surface area (Å²) in [6, 6.07) is 26.4. The molecule has 0 radical (unpaired) electrons. The Bertz CT molecular complexity index is 1050. The average molecular weight is 398 g/mol. The van der Waals surface area contributed by atoms with Crippen LogP contribution in [0.2, 0.25) is 0 Å². The maximum absolute atomic E-state index is 12.4. The fraction of sp³-hybridized carbons (Fsp3) is 0.154. The summed E-state index contributed by atoms with van der Waals surface area (Å²) in [7, 11) is 0. The van der Waals surface area contributed by atoms with Crippen molar-refractivity contribution in [1.82, 2.24) is 9.97 Å². The molecule has 4 rings (SSSR count). The van der Waals surface area contributed by atoms with Crippen LogP contribution in [0.1, 0.15) is 18.7 Å². The fourth-order valence-corrected chi connectivity index (χ4v) is 3.38. The Morgan fingerprint density at radius 1 is 0.833 bits per heavy atom. The molecular formula is C26H27N3O. The van der Waals surface area contributed by atoms with Crippen molar-refractivity contribution in [3.05, 3.63) is 103 Å². The first-order valence-corrected chi connectivity index (χ1v) is 9.69. The van der Waals surface area contributed by atoms with E-state index in [4.69, 9.17) is 5.73 Å². The van der Waals surface area contributed by atoms with Crippen molar-refractivity contribution in [2.24, 2.45) is 5.73 Å². The molecule has 4 heteroatoms. The predicted molar refractivity (Wildman–Crippen MR) is 123 cm³/mol. The van der Waals surface area contributed by atoms with Gasteiger partial charge in [-0.1, -0.05) is 86.3 Å². The fourth-order valence-electron chi connectivity index (χ4n) is 3.38. The molecule has 3 aromatic carbocycles. The van der Waals surface area contributed by atoms with Crippen LogP contribution in [0.5, 0.6) is 0 Å². The summed E-state index contributed by atoms with van der Waals surface area (Å²) < 4.78 is 0. The number of benzene rings is 3. The molecule has 0 amide bonds. The molecule has 0 fully saturated rings.